The van der Waals surface area contributed by atoms with Gasteiger partial charge in [-0.15, -0.1) is 0 Å². The first-order chi connectivity index (χ1) is 14.8. The Morgan fingerprint density at radius 3 is 2.87 bits per heavy atom. The molecule has 1 fully saturated rings. The van der Waals surface area contributed by atoms with Crippen LogP contribution in [0.1, 0.15) is 44.1 Å². The summed E-state index contributed by atoms with van der Waals surface area (Å²) in [5, 5.41) is 14.1. The summed E-state index contributed by atoms with van der Waals surface area (Å²) >= 11 is 0. The van der Waals surface area contributed by atoms with E-state index in [1.54, 1.807) is 6.33 Å². The van der Waals surface area contributed by atoms with Crippen molar-refractivity contribution in [3.63, 3.8) is 0 Å². The number of aromatic nitrogens is 4. The maximum absolute atomic E-state index is 12.8. The number of nitrogens with one attached hydrogen (secondary N) is 1. The summed E-state index contributed by atoms with van der Waals surface area (Å²) in [4.78, 5) is 28.0. The van der Waals surface area contributed by atoms with E-state index in [1.165, 1.54) is 0 Å². The molecule has 0 aliphatic carbocycles. The summed E-state index contributed by atoms with van der Waals surface area (Å²) in [7, 11) is 0. The zero-order chi connectivity index (χ0) is 22.0. The van der Waals surface area contributed by atoms with Crippen LogP contribution < -0.4 is 10.2 Å². The van der Waals surface area contributed by atoms with Crippen molar-refractivity contribution >= 4 is 22.8 Å². The minimum absolute atomic E-state index is 0.131. The fourth-order valence-corrected chi connectivity index (χ4v) is 4.23. The Balaban J connectivity index is 1.43. The lowest BCUT2D eigenvalue weighted by Crippen LogP contribution is -2.54. The SMILES string of the molecule is Cc1cc(N2CCCC(O)(CNC(=O)Cn3c(C(C)C)nc4ccccc43)C2)ncn1. The summed E-state index contributed by atoms with van der Waals surface area (Å²) in [6.45, 7) is 7.70. The van der Waals surface area contributed by atoms with Gasteiger partial charge >= 0.3 is 0 Å². The molecule has 0 radical (unpaired) electrons. The lowest BCUT2D eigenvalue weighted by atomic mass is 9.92. The average Bonchev–Trinajstić information content (AvgIpc) is 3.11. The van der Waals surface area contributed by atoms with Gasteiger partial charge in [-0.1, -0.05) is 26.0 Å². The second kappa shape index (κ2) is 8.63. The number of benzene rings is 1. The number of hydrogen-bond acceptors (Lipinski definition) is 6. The van der Waals surface area contributed by atoms with E-state index < -0.39 is 5.60 Å². The number of amides is 1. The zero-order valence-electron chi connectivity index (χ0n) is 18.4. The van der Waals surface area contributed by atoms with Crippen molar-refractivity contribution in [2.45, 2.75) is 51.7 Å². The highest BCUT2D eigenvalue weighted by Gasteiger charge is 2.34. The van der Waals surface area contributed by atoms with Crippen molar-refractivity contribution in [2.24, 2.45) is 0 Å². The van der Waals surface area contributed by atoms with Gasteiger partial charge in [0.25, 0.3) is 0 Å². The highest BCUT2D eigenvalue weighted by atomic mass is 16.3. The van der Waals surface area contributed by atoms with Crippen molar-refractivity contribution in [3.05, 3.63) is 48.2 Å². The highest BCUT2D eigenvalue weighted by Crippen LogP contribution is 2.25. The van der Waals surface area contributed by atoms with Gasteiger partial charge in [0.2, 0.25) is 5.91 Å². The Labute approximate surface area is 182 Å². The number of rotatable bonds is 6. The van der Waals surface area contributed by atoms with Crippen LogP contribution >= 0.6 is 0 Å². The largest absolute Gasteiger partial charge is 0.386 e. The van der Waals surface area contributed by atoms with Gasteiger partial charge in [-0.05, 0) is 31.9 Å². The molecule has 1 atom stereocenters. The third-order valence-corrected chi connectivity index (χ3v) is 5.79. The average molecular weight is 423 g/mol. The van der Waals surface area contributed by atoms with E-state index in [1.807, 2.05) is 41.8 Å². The monoisotopic (exact) mass is 422 g/mol. The number of aliphatic hydroxyl groups is 1. The molecule has 0 bridgehead atoms. The quantitative estimate of drug-likeness (QED) is 0.633. The first kappa shape index (κ1) is 21.2. The van der Waals surface area contributed by atoms with Crippen molar-refractivity contribution in [1.29, 1.82) is 0 Å². The Morgan fingerprint density at radius 1 is 1.29 bits per heavy atom. The number of β-amino-alcohol motifs (C(OH)–C–C–N with tert-alkyl or cyclic N) is 1. The molecule has 1 unspecified atom stereocenters. The summed E-state index contributed by atoms with van der Waals surface area (Å²) in [5.41, 5.74) is 1.73. The van der Waals surface area contributed by atoms with Crippen molar-refractivity contribution < 1.29 is 9.90 Å². The number of anilines is 1. The van der Waals surface area contributed by atoms with E-state index in [0.29, 0.717) is 13.0 Å². The fourth-order valence-electron chi connectivity index (χ4n) is 4.23. The van der Waals surface area contributed by atoms with Gasteiger partial charge in [-0.3, -0.25) is 4.79 Å². The summed E-state index contributed by atoms with van der Waals surface area (Å²) < 4.78 is 1.97. The van der Waals surface area contributed by atoms with Crippen LogP contribution in [-0.4, -0.2) is 55.8 Å². The van der Waals surface area contributed by atoms with Crippen LogP contribution in [0.4, 0.5) is 5.82 Å². The Morgan fingerprint density at radius 2 is 2.10 bits per heavy atom. The molecule has 0 saturated carbocycles. The third-order valence-electron chi connectivity index (χ3n) is 5.79. The van der Waals surface area contributed by atoms with E-state index in [-0.39, 0.29) is 24.9 Å². The number of fused-ring (bicyclic) bond motifs is 1. The van der Waals surface area contributed by atoms with Crippen LogP contribution in [-0.2, 0) is 11.3 Å². The van der Waals surface area contributed by atoms with Crippen molar-refractivity contribution in [2.75, 3.05) is 24.5 Å². The molecule has 0 spiro atoms. The predicted octanol–water partition coefficient (Wildman–Crippen LogP) is 2.41. The number of hydrogen-bond donors (Lipinski definition) is 2. The molecule has 31 heavy (non-hydrogen) atoms. The summed E-state index contributed by atoms with van der Waals surface area (Å²) in [6.07, 6.45) is 3.01. The molecule has 2 aromatic heterocycles. The first-order valence-electron chi connectivity index (χ1n) is 10.8. The minimum Gasteiger partial charge on any atom is -0.386 e. The van der Waals surface area contributed by atoms with Gasteiger partial charge in [0.1, 0.15) is 24.5 Å². The number of carbonyl (C=O) groups excluding carboxylic acids is 1. The molecule has 1 aliphatic heterocycles. The minimum atomic E-state index is -0.995. The Hall–Kier alpha value is -3.00. The fraction of sp³-hybridized carbons (Fsp3) is 0.478. The van der Waals surface area contributed by atoms with Gasteiger partial charge in [0.15, 0.2) is 0 Å². The van der Waals surface area contributed by atoms with Gasteiger partial charge in [-0.2, -0.15) is 0 Å². The molecule has 1 amide bonds. The lowest BCUT2D eigenvalue weighted by molar-refractivity contribution is -0.123. The number of aryl methyl sites for hydroxylation is 1. The molecule has 164 valence electrons. The highest BCUT2D eigenvalue weighted by molar-refractivity contribution is 5.81. The van der Waals surface area contributed by atoms with E-state index in [9.17, 15) is 9.90 Å². The molecule has 8 heteroatoms. The number of imidazole rings is 1. The number of piperidine rings is 1. The Kier molecular flexibility index (Phi) is 5.91. The van der Waals surface area contributed by atoms with E-state index >= 15 is 0 Å². The van der Waals surface area contributed by atoms with E-state index in [2.05, 4.69) is 34.0 Å². The predicted molar refractivity (Wildman–Crippen MR) is 120 cm³/mol. The number of nitrogens with zero attached hydrogens (tertiary/aromatic N) is 5. The van der Waals surface area contributed by atoms with Crippen LogP contribution in [0.2, 0.25) is 0 Å². The standard InChI is InChI=1S/C23H30N6O2/c1-16(2)22-27-18-7-4-5-8-19(18)29(22)12-21(30)24-13-23(31)9-6-10-28(14-23)20-11-17(3)25-15-26-20/h4-5,7-8,11,15-16,31H,6,9-10,12-14H2,1-3H3,(H,24,30). The zero-order valence-corrected chi connectivity index (χ0v) is 18.4. The van der Waals surface area contributed by atoms with Gasteiger partial charge in [-0.25, -0.2) is 15.0 Å². The molecule has 3 heterocycles. The van der Waals surface area contributed by atoms with Crippen LogP contribution in [0, 0.1) is 6.92 Å². The van der Waals surface area contributed by atoms with Gasteiger partial charge in [0.05, 0.1) is 16.6 Å². The molecular formula is C23H30N6O2. The van der Waals surface area contributed by atoms with Gasteiger partial charge in [0, 0.05) is 37.3 Å². The van der Waals surface area contributed by atoms with Crippen LogP contribution in [0.25, 0.3) is 11.0 Å². The van der Waals surface area contributed by atoms with Gasteiger partial charge < -0.3 is 19.9 Å². The molecule has 2 N–H and O–H groups in total. The van der Waals surface area contributed by atoms with Crippen LogP contribution in [0.5, 0.6) is 0 Å². The molecule has 4 rings (SSSR count). The first-order valence-corrected chi connectivity index (χ1v) is 10.8. The maximum atomic E-state index is 12.8. The number of carbonyl (C=O) groups is 1. The smallest absolute Gasteiger partial charge is 0.240 e. The third kappa shape index (κ3) is 4.69. The summed E-state index contributed by atoms with van der Waals surface area (Å²) in [5.74, 6) is 1.77. The molecule has 8 nitrogen and oxygen atoms in total. The summed E-state index contributed by atoms with van der Waals surface area (Å²) in [6, 6.07) is 9.77. The second-order valence-corrected chi connectivity index (χ2v) is 8.74. The Bertz CT molecular complexity index is 1080. The topological polar surface area (TPSA) is 96.2 Å². The molecular weight excluding hydrogens is 392 g/mol. The van der Waals surface area contributed by atoms with Crippen LogP contribution in [0.15, 0.2) is 36.7 Å². The molecule has 1 aliphatic rings. The number of para-hydroxylation sites is 2. The lowest BCUT2D eigenvalue weighted by Gasteiger charge is -2.39. The molecule has 1 aromatic carbocycles. The molecule has 1 saturated heterocycles. The van der Waals surface area contributed by atoms with E-state index in [0.717, 1.165) is 41.3 Å². The van der Waals surface area contributed by atoms with Crippen LogP contribution in [0.3, 0.4) is 0 Å². The van der Waals surface area contributed by atoms with Crippen molar-refractivity contribution in [1.82, 2.24) is 24.8 Å². The van der Waals surface area contributed by atoms with Crippen molar-refractivity contribution in [3.8, 4) is 0 Å². The normalized spacial score (nSPS) is 19.2. The maximum Gasteiger partial charge on any atom is 0.240 e. The molecule has 3 aromatic rings. The van der Waals surface area contributed by atoms with E-state index in [4.69, 9.17) is 4.98 Å². The second-order valence-electron chi connectivity index (χ2n) is 8.74.